The van der Waals surface area contributed by atoms with E-state index in [0.717, 1.165) is 43.2 Å². The fourth-order valence-electron chi connectivity index (χ4n) is 2.71. The van der Waals surface area contributed by atoms with E-state index >= 15 is 0 Å². The molecule has 0 spiro atoms. The first kappa shape index (κ1) is 14.7. The number of anilines is 1. The second-order valence-electron chi connectivity index (χ2n) is 5.47. The van der Waals surface area contributed by atoms with E-state index in [1.54, 1.807) is 4.52 Å². The number of methoxy groups -OCH3 is 1. The molecule has 0 atom stereocenters. The van der Waals surface area contributed by atoms with Gasteiger partial charge in [-0.25, -0.2) is 0 Å². The van der Waals surface area contributed by atoms with Crippen LogP contribution in [0.25, 0.3) is 5.65 Å². The molecule has 1 aliphatic rings. The molecule has 8 heteroatoms. The van der Waals surface area contributed by atoms with Gasteiger partial charge in [0.2, 0.25) is 5.91 Å². The van der Waals surface area contributed by atoms with Crippen molar-refractivity contribution in [1.82, 2.24) is 25.1 Å². The number of amides is 1. The van der Waals surface area contributed by atoms with Gasteiger partial charge in [-0.05, 0) is 31.9 Å². The summed E-state index contributed by atoms with van der Waals surface area (Å²) < 4.78 is 6.58. The van der Waals surface area contributed by atoms with E-state index in [-0.39, 0.29) is 18.6 Å². The fourth-order valence-corrected chi connectivity index (χ4v) is 2.71. The van der Waals surface area contributed by atoms with E-state index in [1.807, 2.05) is 19.1 Å². The average Bonchev–Trinajstić information content (AvgIpc) is 2.89. The van der Waals surface area contributed by atoms with Crippen LogP contribution in [-0.2, 0) is 9.53 Å². The highest BCUT2D eigenvalue weighted by molar-refractivity contribution is 5.77. The van der Waals surface area contributed by atoms with Gasteiger partial charge >= 0.3 is 0 Å². The zero-order valence-corrected chi connectivity index (χ0v) is 12.8. The molecule has 1 aliphatic heterocycles. The van der Waals surface area contributed by atoms with Crippen molar-refractivity contribution in [1.29, 1.82) is 0 Å². The SMILES string of the molecule is COCC(=O)NC1CCN(c2ccc3nnc(C)n3n2)CC1. The van der Waals surface area contributed by atoms with Gasteiger partial charge in [-0.15, -0.1) is 15.3 Å². The Hall–Kier alpha value is -2.22. The van der Waals surface area contributed by atoms with Crippen molar-refractivity contribution in [2.45, 2.75) is 25.8 Å². The number of nitrogens with zero attached hydrogens (tertiary/aromatic N) is 5. The van der Waals surface area contributed by atoms with Crippen molar-refractivity contribution >= 4 is 17.4 Å². The Morgan fingerprint density at radius 2 is 2.14 bits per heavy atom. The molecule has 0 saturated carbocycles. The van der Waals surface area contributed by atoms with E-state index in [4.69, 9.17) is 4.74 Å². The third kappa shape index (κ3) is 3.01. The Kier molecular flexibility index (Phi) is 4.19. The summed E-state index contributed by atoms with van der Waals surface area (Å²) in [5.74, 6) is 1.64. The number of carbonyl (C=O) groups is 1. The minimum Gasteiger partial charge on any atom is -0.375 e. The van der Waals surface area contributed by atoms with Gasteiger partial charge in [0.25, 0.3) is 0 Å². The molecule has 1 saturated heterocycles. The number of carbonyl (C=O) groups excluding carboxylic acids is 1. The number of hydrogen-bond donors (Lipinski definition) is 1. The quantitative estimate of drug-likeness (QED) is 0.866. The van der Waals surface area contributed by atoms with Crippen molar-refractivity contribution in [3.05, 3.63) is 18.0 Å². The number of ether oxygens (including phenoxy) is 1. The molecule has 118 valence electrons. The van der Waals surface area contributed by atoms with Crippen molar-refractivity contribution in [2.24, 2.45) is 0 Å². The van der Waals surface area contributed by atoms with Crippen molar-refractivity contribution in [3.63, 3.8) is 0 Å². The van der Waals surface area contributed by atoms with Crippen LogP contribution in [0.4, 0.5) is 5.82 Å². The highest BCUT2D eigenvalue weighted by atomic mass is 16.5. The van der Waals surface area contributed by atoms with Gasteiger partial charge in [-0.2, -0.15) is 4.52 Å². The van der Waals surface area contributed by atoms with Gasteiger partial charge in [-0.1, -0.05) is 0 Å². The molecule has 2 aromatic heterocycles. The van der Waals surface area contributed by atoms with Crippen molar-refractivity contribution in [2.75, 3.05) is 31.7 Å². The van der Waals surface area contributed by atoms with E-state index in [0.29, 0.717) is 0 Å². The van der Waals surface area contributed by atoms with Gasteiger partial charge in [0.1, 0.15) is 12.4 Å². The predicted octanol–water partition coefficient (Wildman–Crippen LogP) is 0.164. The maximum absolute atomic E-state index is 11.5. The summed E-state index contributed by atoms with van der Waals surface area (Å²) in [6.07, 6.45) is 1.80. The molecule has 1 N–H and O–H groups in total. The van der Waals surface area contributed by atoms with Crippen LogP contribution in [0.3, 0.4) is 0 Å². The largest absolute Gasteiger partial charge is 0.375 e. The van der Waals surface area contributed by atoms with Crippen LogP contribution >= 0.6 is 0 Å². The van der Waals surface area contributed by atoms with Gasteiger partial charge in [0, 0.05) is 26.2 Å². The van der Waals surface area contributed by atoms with Gasteiger partial charge in [-0.3, -0.25) is 4.79 Å². The highest BCUT2D eigenvalue weighted by Gasteiger charge is 2.22. The predicted molar refractivity (Wildman–Crippen MR) is 80.8 cm³/mol. The summed E-state index contributed by atoms with van der Waals surface area (Å²) in [6.45, 7) is 3.72. The molecular weight excluding hydrogens is 284 g/mol. The first-order valence-electron chi connectivity index (χ1n) is 7.39. The number of piperidine rings is 1. The lowest BCUT2D eigenvalue weighted by Gasteiger charge is -2.33. The zero-order chi connectivity index (χ0) is 15.5. The van der Waals surface area contributed by atoms with Crippen LogP contribution in [0, 0.1) is 6.92 Å². The molecule has 2 aromatic rings. The summed E-state index contributed by atoms with van der Waals surface area (Å²) >= 11 is 0. The minimum atomic E-state index is -0.0550. The molecule has 3 heterocycles. The number of aromatic nitrogens is 4. The molecule has 0 bridgehead atoms. The molecule has 1 fully saturated rings. The third-order valence-corrected chi connectivity index (χ3v) is 3.86. The lowest BCUT2D eigenvalue weighted by Crippen LogP contribution is -2.45. The summed E-state index contributed by atoms with van der Waals surface area (Å²) in [4.78, 5) is 13.8. The molecule has 3 rings (SSSR count). The van der Waals surface area contributed by atoms with Crippen LogP contribution in [0.15, 0.2) is 12.1 Å². The van der Waals surface area contributed by atoms with Gasteiger partial charge in [0.05, 0.1) is 0 Å². The standard InChI is InChI=1S/C14H20N6O2/c1-10-16-17-12-3-4-13(18-20(10)12)19-7-5-11(6-8-19)15-14(21)9-22-2/h3-4,11H,5-9H2,1-2H3,(H,15,21). The number of hydrogen-bond acceptors (Lipinski definition) is 6. The number of rotatable bonds is 4. The maximum Gasteiger partial charge on any atom is 0.246 e. The number of nitrogens with one attached hydrogen (secondary N) is 1. The Balaban J connectivity index is 1.62. The Labute approximate surface area is 128 Å². The van der Waals surface area contributed by atoms with Crippen LogP contribution in [0.1, 0.15) is 18.7 Å². The number of fused-ring (bicyclic) bond motifs is 1. The molecule has 0 aromatic carbocycles. The monoisotopic (exact) mass is 304 g/mol. The van der Waals surface area contributed by atoms with Crippen LogP contribution in [0.2, 0.25) is 0 Å². The molecule has 22 heavy (non-hydrogen) atoms. The minimum absolute atomic E-state index is 0.0550. The summed E-state index contributed by atoms with van der Waals surface area (Å²) in [7, 11) is 1.52. The first-order valence-corrected chi connectivity index (χ1v) is 7.39. The summed E-state index contributed by atoms with van der Waals surface area (Å²) in [5, 5.41) is 15.6. The normalized spacial score (nSPS) is 16.2. The fraction of sp³-hybridized carbons (Fsp3) is 0.571. The Morgan fingerprint density at radius 3 is 2.86 bits per heavy atom. The van der Waals surface area contributed by atoms with Crippen molar-refractivity contribution in [3.8, 4) is 0 Å². The topological polar surface area (TPSA) is 84.6 Å². The second-order valence-corrected chi connectivity index (χ2v) is 5.47. The lowest BCUT2D eigenvalue weighted by molar-refractivity contribution is -0.125. The smallest absolute Gasteiger partial charge is 0.246 e. The second kappa shape index (κ2) is 6.27. The van der Waals surface area contributed by atoms with E-state index in [2.05, 4.69) is 25.5 Å². The zero-order valence-electron chi connectivity index (χ0n) is 12.8. The third-order valence-electron chi connectivity index (χ3n) is 3.86. The summed E-state index contributed by atoms with van der Waals surface area (Å²) in [5.41, 5.74) is 0.753. The van der Waals surface area contributed by atoms with Gasteiger partial charge in [0.15, 0.2) is 11.5 Å². The lowest BCUT2D eigenvalue weighted by atomic mass is 10.1. The molecule has 8 nitrogen and oxygen atoms in total. The number of aryl methyl sites for hydroxylation is 1. The summed E-state index contributed by atoms with van der Waals surface area (Å²) in [6, 6.07) is 4.10. The van der Waals surface area contributed by atoms with E-state index in [9.17, 15) is 4.79 Å². The maximum atomic E-state index is 11.5. The van der Waals surface area contributed by atoms with Crippen LogP contribution in [-0.4, -0.2) is 58.6 Å². The molecule has 1 amide bonds. The Morgan fingerprint density at radius 1 is 1.36 bits per heavy atom. The molecule has 0 aliphatic carbocycles. The first-order chi connectivity index (χ1) is 10.7. The van der Waals surface area contributed by atoms with Gasteiger partial charge < -0.3 is 15.0 Å². The molecular formula is C14H20N6O2. The Bertz CT molecular complexity index is 662. The highest BCUT2D eigenvalue weighted by Crippen LogP contribution is 2.18. The van der Waals surface area contributed by atoms with E-state index in [1.165, 1.54) is 7.11 Å². The average molecular weight is 304 g/mol. The van der Waals surface area contributed by atoms with Crippen LogP contribution in [0.5, 0.6) is 0 Å². The van der Waals surface area contributed by atoms with Crippen molar-refractivity contribution < 1.29 is 9.53 Å². The molecule has 0 radical (unpaired) electrons. The van der Waals surface area contributed by atoms with Crippen LogP contribution < -0.4 is 10.2 Å². The van der Waals surface area contributed by atoms with E-state index < -0.39 is 0 Å². The molecule has 0 unspecified atom stereocenters.